The third kappa shape index (κ3) is 13.8. The second-order valence-corrected chi connectivity index (χ2v) is 30.0. The number of aromatic nitrogens is 4. The number of ether oxygens (including phenoxy) is 4. The number of halogens is 4. The highest BCUT2D eigenvalue weighted by atomic mass is 35.5. The number of hydrogen-bond donors (Lipinski definition) is 2. The highest BCUT2D eigenvalue weighted by Crippen LogP contribution is 2.46. The summed E-state index contributed by atoms with van der Waals surface area (Å²) in [4.78, 5) is 18.7. The molecule has 0 radical (unpaired) electrons. The largest absolute Gasteiger partial charge is 0.494 e. The number of H-pyrrole nitrogens is 2. The van der Waals surface area contributed by atoms with Crippen LogP contribution < -0.4 is 29.4 Å². The van der Waals surface area contributed by atoms with Crippen LogP contribution in [0.3, 0.4) is 0 Å². The molecule has 0 fully saturated rings. The normalized spacial score (nSPS) is 15.8. The Hall–Kier alpha value is -7.36. The van der Waals surface area contributed by atoms with Crippen molar-refractivity contribution in [3.63, 3.8) is 0 Å². The Morgan fingerprint density at radius 3 is 0.979 bits per heavy atom. The van der Waals surface area contributed by atoms with Crippen LogP contribution in [0.5, 0.6) is 23.0 Å². The van der Waals surface area contributed by atoms with Crippen molar-refractivity contribution in [2.24, 2.45) is 0 Å². The lowest BCUT2D eigenvalue weighted by atomic mass is 9.98. The fraction of sp³-hybridized carbons (Fsp3) is 0.200. The van der Waals surface area contributed by atoms with Crippen molar-refractivity contribution < 1.29 is 18.9 Å². The van der Waals surface area contributed by atoms with Crippen LogP contribution in [0.25, 0.3) is 121 Å². The lowest BCUT2D eigenvalue weighted by Gasteiger charge is -2.14. The van der Waals surface area contributed by atoms with Gasteiger partial charge in [-0.25, -0.2) is 9.97 Å². The highest BCUT2D eigenvalue weighted by molar-refractivity contribution is 8.35. The summed E-state index contributed by atoms with van der Waals surface area (Å²) in [5.41, 5.74) is 12.3. The van der Waals surface area contributed by atoms with E-state index in [0.717, 1.165) is 167 Å². The zero-order valence-electron chi connectivity index (χ0n) is 52.5. The second-order valence-electron chi connectivity index (χ2n) is 24.1. The van der Waals surface area contributed by atoms with Crippen LogP contribution in [0.1, 0.15) is 99.8 Å². The monoisotopic (exact) mass is 1410 g/mol. The van der Waals surface area contributed by atoms with E-state index in [1.165, 1.54) is 40.5 Å². The molecule has 7 aromatic carbocycles. The molecule has 11 heterocycles. The van der Waals surface area contributed by atoms with E-state index < -0.39 is 0 Å². The number of hydrogen-bond acceptors (Lipinski definition) is 10. The SMILES string of the molecule is Clc1cccc(Cl)c1-c1c2nc(c3c4ccc([nH]4)c(-c4c(Cl)cccc4Cl)c4nc(c(c5ccc1[nH]5)-c1cccc(c1)OCCCCCCCCOc1ccc5c(=C6SC=CS6)c6cc(ccc6c(=C6SC=CS6)c5c1)OCCCCCCCCOc1cccc-3c1)C=C4)C=C2. The van der Waals surface area contributed by atoms with E-state index in [0.29, 0.717) is 69.0 Å². The van der Waals surface area contributed by atoms with Gasteiger partial charge in [0.2, 0.25) is 0 Å². The van der Waals surface area contributed by atoms with Gasteiger partial charge in [-0.15, -0.1) is 0 Å². The molecule has 0 spiro atoms. The minimum atomic E-state index is 0.495. The Morgan fingerprint density at radius 1 is 0.302 bits per heavy atom. The van der Waals surface area contributed by atoms with E-state index >= 15 is 0 Å². The van der Waals surface area contributed by atoms with Crippen LogP contribution in [-0.2, 0) is 0 Å². The molecule has 96 heavy (non-hydrogen) atoms. The third-order valence-corrected chi connectivity index (χ3v) is 23.4. The molecule has 0 saturated carbocycles. The summed E-state index contributed by atoms with van der Waals surface area (Å²) in [6.45, 7) is 2.49. The van der Waals surface area contributed by atoms with E-state index in [9.17, 15) is 0 Å². The van der Waals surface area contributed by atoms with E-state index in [2.05, 4.69) is 129 Å². The van der Waals surface area contributed by atoms with Crippen LogP contribution >= 0.6 is 93.5 Å². The summed E-state index contributed by atoms with van der Waals surface area (Å²) >= 11 is 36.0. The topological polar surface area (TPSA) is 94.3 Å². The van der Waals surface area contributed by atoms with Crippen LogP contribution in [0.2, 0.25) is 20.1 Å². The predicted molar refractivity (Wildman–Crippen MR) is 414 cm³/mol. The molecular weight excluding hydrogens is 1350 g/mol. The third-order valence-electron chi connectivity index (χ3n) is 17.9. The van der Waals surface area contributed by atoms with Crippen molar-refractivity contribution in [1.29, 1.82) is 0 Å². The first-order chi connectivity index (χ1) is 47.3. The molecular formula is C80H66Cl4N4O4S4. The predicted octanol–water partition coefficient (Wildman–Crippen LogP) is 24.2. The summed E-state index contributed by atoms with van der Waals surface area (Å²) < 4.78 is 28.9. The standard InChI is InChI=1S/C80H66Cl4N4O4S4/c81-59-21-15-22-60(82)75(59)77-67-33-29-63(85-67)71-49-17-13-19-51(45-49)89-37-9-5-1-3-7-11-39-91-53-25-27-55-57(47-53)73(79-93-41-42-94-79)56-28-26-54(48-58(56)74(55)80-95-43-44-96-80)92-40-12-8-4-2-6-10-38-90-52-20-14-18-50(46-52)72(65-31-35-69(77)87-65)66-32-36-70(88-66)78(68-34-30-64(71)86-68)76-61(83)23-16-24-62(76)84/h13-36,41-48,85,88H,1-12,37-40H2. The van der Waals surface area contributed by atoms with Gasteiger partial charge in [0.15, 0.2) is 0 Å². The average Bonchev–Trinajstić information content (AvgIpc) is 1.01. The molecule has 0 aliphatic carbocycles. The van der Waals surface area contributed by atoms with Crippen molar-refractivity contribution in [2.45, 2.75) is 77.0 Å². The first-order valence-electron chi connectivity index (χ1n) is 32.8. The van der Waals surface area contributed by atoms with Gasteiger partial charge in [-0.1, -0.05) is 181 Å². The molecule has 3 aromatic heterocycles. The summed E-state index contributed by atoms with van der Waals surface area (Å²) in [7, 11) is 0. The number of rotatable bonds is 2. The molecule has 16 heteroatoms. The van der Waals surface area contributed by atoms with Crippen LogP contribution in [0.4, 0.5) is 0 Å². The van der Waals surface area contributed by atoms with E-state index in [1.54, 1.807) is 47.0 Å². The van der Waals surface area contributed by atoms with E-state index in [1.807, 2.05) is 72.8 Å². The fourth-order valence-electron chi connectivity index (χ4n) is 13.3. The molecule has 482 valence electrons. The Morgan fingerprint density at radius 2 is 0.615 bits per heavy atom. The Labute approximate surface area is 595 Å². The summed E-state index contributed by atoms with van der Waals surface area (Å²) in [6, 6.07) is 49.4. The van der Waals surface area contributed by atoms with Crippen molar-refractivity contribution >= 4 is 170 Å². The Bertz CT molecular complexity index is 4760. The Kier molecular flexibility index (Phi) is 20.0. The minimum absolute atomic E-state index is 0.495. The molecule has 20 bridgehead atoms. The number of nitrogens with zero attached hydrogens (tertiary/aromatic N) is 2. The summed E-state index contributed by atoms with van der Waals surface area (Å²) in [6.07, 6.45) is 20.8. The van der Waals surface area contributed by atoms with Gasteiger partial charge in [-0.05, 0) is 213 Å². The fourth-order valence-corrected chi connectivity index (χ4v) is 18.4. The van der Waals surface area contributed by atoms with Gasteiger partial charge < -0.3 is 28.9 Å². The molecule has 8 nitrogen and oxygen atoms in total. The average molecular weight is 1420 g/mol. The quantitative estimate of drug-likeness (QED) is 0.163. The van der Waals surface area contributed by atoms with Gasteiger partial charge in [0, 0.05) is 65.9 Å². The van der Waals surface area contributed by atoms with Crippen molar-refractivity contribution in [2.75, 3.05) is 26.4 Å². The summed E-state index contributed by atoms with van der Waals surface area (Å²) in [5.74, 6) is 3.34. The Balaban J connectivity index is 0.788. The van der Waals surface area contributed by atoms with Crippen molar-refractivity contribution in [3.05, 3.63) is 221 Å². The second kappa shape index (κ2) is 29.8. The van der Waals surface area contributed by atoms with Crippen molar-refractivity contribution in [3.8, 4) is 67.5 Å². The van der Waals surface area contributed by atoms with Crippen molar-refractivity contribution in [1.82, 2.24) is 19.9 Å². The maximum absolute atomic E-state index is 7.20. The lowest BCUT2D eigenvalue weighted by Crippen LogP contribution is -2.17. The zero-order chi connectivity index (χ0) is 64.9. The zero-order valence-corrected chi connectivity index (χ0v) is 58.8. The molecule has 8 aliphatic rings. The molecule has 0 amide bonds. The van der Waals surface area contributed by atoms with Crippen LogP contribution in [0.15, 0.2) is 167 Å². The molecule has 0 unspecified atom stereocenters. The van der Waals surface area contributed by atoms with Gasteiger partial charge in [0.05, 0.1) is 77.8 Å². The van der Waals surface area contributed by atoms with Gasteiger partial charge in [-0.3, -0.25) is 0 Å². The van der Waals surface area contributed by atoms with Crippen LogP contribution in [0, 0.1) is 0 Å². The first-order valence-corrected chi connectivity index (χ1v) is 37.8. The van der Waals surface area contributed by atoms with Gasteiger partial charge in [-0.2, -0.15) is 0 Å². The smallest absolute Gasteiger partial charge is 0.119 e. The lowest BCUT2D eigenvalue weighted by molar-refractivity contribution is 0.297. The molecule has 2 N–H and O–H groups in total. The van der Waals surface area contributed by atoms with E-state index in [4.69, 9.17) is 75.3 Å². The van der Waals surface area contributed by atoms with Gasteiger partial charge in [0.1, 0.15) is 23.0 Å². The summed E-state index contributed by atoms with van der Waals surface area (Å²) in [5, 5.41) is 18.2. The number of thioether (sulfide) groups is 4. The number of nitrogens with one attached hydrogen (secondary N) is 2. The van der Waals surface area contributed by atoms with Gasteiger partial charge in [0.25, 0.3) is 0 Å². The molecule has 10 aromatic rings. The number of benzene rings is 7. The van der Waals surface area contributed by atoms with E-state index in [-0.39, 0.29) is 0 Å². The van der Waals surface area contributed by atoms with Crippen LogP contribution in [-0.4, -0.2) is 46.4 Å². The minimum Gasteiger partial charge on any atom is -0.494 e. The number of aromatic amines is 2. The maximum Gasteiger partial charge on any atom is 0.119 e. The van der Waals surface area contributed by atoms with Gasteiger partial charge >= 0.3 is 0 Å². The highest BCUT2D eigenvalue weighted by Gasteiger charge is 2.24. The molecule has 8 aliphatic heterocycles. The first kappa shape index (κ1) is 64.6. The maximum atomic E-state index is 7.20. The molecule has 0 atom stereocenters. The molecule has 0 saturated heterocycles. The molecule has 18 rings (SSSR count).